The summed E-state index contributed by atoms with van der Waals surface area (Å²) in [5.74, 6) is 0.731. The van der Waals surface area contributed by atoms with Gasteiger partial charge in [0, 0.05) is 34.9 Å². The molecule has 3 nitrogen and oxygen atoms in total. The molecule has 3 aromatic rings. The SMILES string of the molecule is CN(C(=O)c1ccc2c(c1)C1C=CCC1C(c1ccc(Cl)cc1)N2)c1ccccc1. The van der Waals surface area contributed by atoms with Crippen LogP contribution < -0.4 is 10.2 Å². The lowest BCUT2D eigenvalue weighted by molar-refractivity contribution is 0.0993. The Bertz CT molecular complexity index is 1110. The molecule has 0 saturated carbocycles. The molecule has 0 spiro atoms. The Morgan fingerprint density at radius 1 is 1.03 bits per heavy atom. The second-order valence-electron chi connectivity index (χ2n) is 8.03. The first kappa shape index (κ1) is 19.0. The number of amides is 1. The second-order valence-corrected chi connectivity index (χ2v) is 8.47. The lowest BCUT2D eigenvalue weighted by Gasteiger charge is -2.37. The van der Waals surface area contributed by atoms with Crippen molar-refractivity contribution in [1.29, 1.82) is 0 Å². The van der Waals surface area contributed by atoms with Gasteiger partial charge in [0.1, 0.15) is 0 Å². The molecule has 1 N–H and O–H groups in total. The molecule has 0 fully saturated rings. The van der Waals surface area contributed by atoms with Crippen LogP contribution in [0.1, 0.15) is 39.9 Å². The van der Waals surface area contributed by atoms with Crippen molar-refractivity contribution in [3.63, 3.8) is 0 Å². The zero-order chi connectivity index (χ0) is 20.7. The molecule has 3 unspecified atom stereocenters. The maximum absolute atomic E-state index is 13.1. The van der Waals surface area contributed by atoms with Crippen molar-refractivity contribution in [2.45, 2.75) is 18.4 Å². The summed E-state index contributed by atoms with van der Waals surface area (Å²) in [6.45, 7) is 0. The number of para-hydroxylation sites is 1. The van der Waals surface area contributed by atoms with E-state index >= 15 is 0 Å². The number of carbonyl (C=O) groups is 1. The van der Waals surface area contributed by atoms with Crippen LogP contribution in [-0.4, -0.2) is 13.0 Å². The third kappa shape index (κ3) is 3.29. The molecular weight excluding hydrogens is 392 g/mol. The smallest absolute Gasteiger partial charge is 0.258 e. The van der Waals surface area contributed by atoms with E-state index in [0.717, 1.165) is 22.8 Å². The number of rotatable bonds is 3. The molecule has 0 aromatic heterocycles. The monoisotopic (exact) mass is 414 g/mol. The lowest BCUT2D eigenvalue weighted by atomic mass is 9.76. The second kappa shape index (κ2) is 7.66. The van der Waals surface area contributed by atoms with Crippen LogP contribution in [0.2, 0.25) is 5.02 Å². The van der Waals surface area contributed by atoms with Gasteiger partial charge in [0.15, 0.2) is 0 Å². The number of hydrogen-bond acceptors (Lipinski definition) is 2. The van der Waals surface area contributed by atoms with E-state index in [1.54, 1.807) is 4.90 Å². The average Bonchev–Trinajstić information content (AvgIpc) is 3.29. The van der Waals surface area contributed by atoms with Gasteiger partial charge in [-0.05, 0) is 65.9 Å². The number of nitrogens with one attached hydrogen (secondary N) is 1. The molecular formula is C26H23ClN2O. The summed E-state index contributed by atoms with van der Waals surface area (Å²) in [4.78, 5) is 14.8. The first-order chi connectivity index (χ1) is 14.6. The van der Waals surface area contributed by atoms with Crippen LogP contribution in [0.15, 0.2) is 84.9 Å². The third-order valence-electron chi connectivity index (χ3n) is 6.29. The van der Waals surface area contributed by atoms with Gasteiger partial charge in [0.05, 0.1) is 6.04 Å². The molecule has 0 bridgehead atoms. The molecule has 150 valence electrons. The summed E-state index contributed by atoms with van der Waals surface area (Å²) >= 11 is 6.09. The van der Waals surface area contributed by atoms with Crippen LogP contribution in [0, 0.1) is 5.92 Å². The Balaban J connectivity index is 1.47. The Morgan fingerprint density at radius 3 is 2.57 bits per heavy atom. The summed E-state index contributed by atoms with van der Waals surface area (Å²) in [5, 5.41) is 4.47. The summed E-state index contributed by atoms with van der Waals surface area (Å²) in [5.41, 5.74) is 5.14. The van der Waals surface area contributed by atoms with E-state index in [1.807, 2.05) is 61.6 Å². The third-order valence-corrected chi connectivity index (χ3v) is 6.54. The Morgan fingerprint density at radius 2 is 1.80 bits per heavy atom. The predicted octanol–water partition coefficient (Wildman–Crippen LogP) is 6.44. The number of benzene rings is 3. The van der Waals surface area contributed by atoms with E-state index in [4.69, 9.17) is 11.6 Å². The molecule has 3 atom stereocenters. The van der Waals surface area contributed by atoms with Crippen LogP contribution in [0.3, 0.4) is 0 Å². The zero-order valence-electron chi connectivity index (χ0n) is 16.8. The Hall–Kier alpha value is -3.04. The highest BCUT2D eigenvalue weighted by molar-refractivity contribution is 6.30. The van der Waals surface area contributed by atoms with Crippen LogP contribution >= 0.6 is 11.6 Å². The maximum Gasteiger partial charge on any atom is 0.258 e. The largest absolute Gasteiger partial charge is 0.378 e. The minimum Gasteiger partial charge on any atom is -0.378 e. The van der Waals surface area contributed by atoms with E-state index in [2.05, 4.69) is 35.7 Å². The molecule has 0 saturated heterocycles. The fourth-order valence-corrected chi connectivity index (χ4v) is 4.82. The molecule has 1 amide bonds. The van der Waals surface area contributed by atoms with Gasteiger partial charge >= 0.3 is 0 Å². The van der Waals surface area contributed by atoms with Crippen molar-refractivity contribution in [3.8, 4) is 0 Å². The van der Waals surface area contributed by atoms with Gasteiger partial charge in [-0.1, -0.05) is 54.1 Å². The van der Waals surface area contributed by atoms with Crippen molar-refractivity contribution in [1.82, 2.24) is 0 Å². The number of fused-ring (bicyclic) bond motifs is 3. The number of allylic oxidation sites excluding steroid dienone is 2. The van der Waals surface area contributed by atoms with Gasteiger partial charge in [-0.3, -0.25) is 4.79 Å². The molecule has 2 aliphatic rings. The minimum absolute atomic E-state index is 0.00218. The van der Waals surface area contributed by atoms with Crippen LogP contribution in [0.5, 0.6) is 0 Å². The topological polar surface area (TPSA) is 32.3 Å². The molecule has 1 heterocycles. The number of carbonyl (C=O) groups excluding carboxylic acids is 1. The van der Waals surface area contributed by atoms with E-state index in [9.17, 15) is 4.79 Å². The molecule has 1 aliphatic carbocycles. The van der Waals surface area contributed by atoms with Gasteiger partial charge in [0.25, 0.3) is 5.91 Å². The highest BCUT2D eigenvalue weighted by Crippen LogP contribution is 2.50. The molecule has 3 aromatic carbocycles. The van der Waals surface area contributed by atoms with Gasteiger partial charge < -0.3 is 10.2 Å². The van der Waals surface area contributed by atoms with Crippen LogP contribution in [0.25, 0.3) is 0 Å². The van der Waals surface area contributed by atoms with E-state index in [-0.39, 0.29) is 11.9 Å². The standard InChI is InChI=1S/C26H23ClN2O/c1-29(20-6-3-2-4-7-20)26(30)18-12-15-24-23(16-18)21-8-5-9-22(21)25(28-24)17-10-13-19(27)14-11-17/h2-8,10-16,21-22,25,28H,9H2,1H3. The van der Waals surface area contributed by atoms with Crippen LogP contribution in [0.4, 0.5) is 11.4 Å². The van der Waals surface area contributed by atoms with Crippen molar-refractivity contribution < 1.29 is 4.79 Å². The van der Waals surface area contributed by atoms with Crippen molar-refractivity contribution >= 4 is 28.9 Å². The Labute approximate surface area is 182 Å². The minimum atomic E-state index is 0.00218. The van der Waals surface area contributed by atoms with Crippen LogP contribution in [-0.2, 0) is 0 Å². The Kier molecular flexibility index (Phi) is 4.84. The van der Waals surface area contributed by atoms with E-state index in [1.165, 1.54) is 11.1 Å². The highest BCUT2D eigenvalue weighted by Gasteiger charge is 2.38. The number of hydrogen-bond donors (Lipinski definition) is 1. The first-order valence-electron chi connectivity index (χ1n) is 10.3. The van der Waals surface area contributed by atoms with Gasteiger partial charge in [-0.15, -0.1) is 0 Å². The molecule has 5 rings (SSSR count). The molecule has 4 heteroatoms. The molecule has 1 aliphatic heterocycles. The van der Waals surface area contributed by atoms with Gasteiger partial charge in [-0.2, -0.15) is 0 Å². The van der Waals surface area contributed by atoms with E-state index < -0.39 is 0 Å². The quantitative estimate of drug-likeness (QED) is 0.500. The van der Waals surface area contributed by atoms with Gasteiger partial charge in [-0.25, -0.2) is 0 Å². The van der Waals surface area contributed by atoms with Gasteiger partial charge in [0.2, 0.25) is 0 Å². The summed E-state index contributed by atoms with van der Waals surface area (Å²) in [6.07, 6.45) is 5.58. The molecule has 0 radical (unpaired) electrons. The maximum atomic E-state index is 13.1. The summed E-state index contributed by atoms with van der Waals surface area (Å²) < 4.78 is 0. The number of halogens is 1. The highest BCUT2D eigenvalue weighted by atomic mass is 35.5. The fraction of sp³-hybridized carbons (Fsp3) is 0.192. The zero-order valence-corrected chi connectivity index (χ0v) is 17.5. The van der Waals surface area contributed by atoms with Crippen molar-refractivity contribution in [2.75, 3.05) is 17.3 Å². The average molecular weight is 415 g/mol. The normalized spacial score (nSPS) is 21.5. The first-order valence-corrected chi connectivity index (χ1v) is 10.7. The van der Waals surface area contributed by atoms with Crippen molar-refractivity contribution in [2.24, 2.45) is 5.92 Å². The summed E-state index contributed by atoms with van der Waals surface area (Å²) in [6, 6.07) is 24.1. The fourth-order valence-electron chi connectivity index (χ4n) is 4.69. The number of anilines is 2. The van der Waals surface area contributed by atoms with Crippen molar-refractivity contribution in [3.05, 3.63) is 107 Å². The van der Waals surface area contributed by atoms with E-state index in [0.29, 0.717) is 17.4 Å². The lowest BCUT2D eigenvalue weighted by Crippen LogP contribution is -2.30. The molecule has 30 heavy (non-hydrogen) atoms. The predicted molar refractivity (Wildman–Crippen MR) is 123 cm³/mol. The summed E-state index contributed by atoms with van der Waals surface area (Å²) in [7, 11) is 1.82. The number of nitrogens with zero attached hydrogens (tertiary/aromatic N) is 1.